The van der Waals surface area contributed by atoms with Crippen LogP contribution in [0.2, 0.25) is 10.0 Å². The van der Waals surface area contributed by atoms with E-state index in [9.17, 15) is 4.79 Å². The molecule has 0 atom stereocenters. The zero-order valence-electron chi connectivity index (χ0n) is 11.5. The van der Waals surface area contributed by atoms with Crippen molar-refractivity contribution in [2.24, 2.45) is 0 Å². The third kappa shape index (κ3) is 4.14. The fourth-order valence-corrected chi connectivity index (χ4v) is 3.74. The molecule has 0 aliphatic carbocycles. The van der Waals surface area contributed by atoms with Gasteiger partial charge in [0.25, 0.3) is 5.91 Å². The minimum atomic E-state index is -0.311. The van der Waals surface area contributed by atoms with Gasteiger partial charge in [-0.3, -0.25) is 10.1 Å². The lowest BCUT2D eigenvalue weighted by Gasteiger charge is -2.07. The van der Waals surface area contributed by atoms with E-state index >= 15 is 0 Å². The summed E-state index contributed by atoms with van der Waals surface area (Å²) in [5.41, 5.74) is 0.829. The van der Waals surface area contributed by atoms with Crippen molar-refractivity contribution in [1.82, 2.24) is 4.98 Å². The maximum absolute atomic E-state index is 12.0. The van der Waals surface area contributed by atoms with Gasteiger partial charge in [-0.25, -0.2) is 4.98 Å². The maximum atomic E-state index is 12.0. The first-order valence-electron chi connectivity index (χ1n) is 6.45. The number of amides is 1. The molecule has 0 radical (unpaired) electrons. The number of anilines is 1. The normalized spacial score (nSPS) is 10.7. The molecule has 0 fully saturated rings. The van der Waals surface area contributed by atoms with Crippen LogP contribution in [0.4, 0.5) is 5.13 Å². The van der Waals surface area contributed by atoms with Gasteiger partial charge in [0.1, 0.15) is 5.75 Å². The van der Waals surface area contributed by atoms with E-state index in [0.717, 1.165) is 14.7 Å². The smallest absolute Gasteiger partial charge is 0.264 e. The minimum Gasteiger partial charge on any atom is -0.482 e. The number of hydrogen-bond acceptors (Lipinski definition) is 4. The zero-order chi connectivity index (χ0) is 16.4. The number of hydrogen-bond donors (Lipinski definition) is 1. The highest BCUT2D eigenvalue weighted by Crippen LogP contribution is 2.29. The van der Waals surface area contributed by atoms with E-state index in [1.807, 2.05) is 18.2 Å². The van der Waals surface area contributed by atoms with Crippen LogP contribution < -0.4 is 10.1 Å². The molecule has 1 heterocycles. The Balaban J connectivity index is 1.64. The van der Waals surface area contributed by atoms with Gasteiger partial charge in [-0.05, 0) is 36.4 Å². The molecule has 1 aromatic heterocycles. The Labute approximate surface area is 154 Å². The van der Waals surface area contributed by atoms with Gasteiger partial charge in [0.2, 0.25) is 0 Å². The SMILES string of the molecule is O=C(COc1ccc(Cl)cc1Cl)Nc1nc2ccc(Br)cc2s1. The van der Waals surface area contributed by atoms with Gasteiger partial charge in [-0.2, -0.15) is 0 Å². The van der Waals surface area contributed by atoms with Crippen molar-refractivity contribution in [3.05, 3.63) is 50.9 Å². The Morgan fingerprint density at radius 2 is 2.09 bits per heavy atom. The first-order valence-corrected chi connectivity index (χ1v) is 8.81. The summed E-state index contributed by atoms with van der Waals surface area (Å²) in [6.07, 6.45) is 0. The van der Waals surface area contributed by atoms with E-state index in [0.29, 0.717) is 20.9 Å². The van der Waals surface area contributed by atoms with Gasteiger partial charge in [-0.15, -0.1) is 0 Å². The molecule has 0 bridgehead atoms. The summed E-state index contributed by atoms with van der Waals surface area (Å²) in [5.74, 6) is 0.0913. The molecule has 0 unspecified atom stereocenters. The molecule has 1 N–H and O–H groups in total. The second-order valence-electron chi connectivity index (χ2n) is 4.54. The Morgan fingerprint density at radius 3 is 2.87 bits per heavy atom. The van der Waals surface area contributed by atoms with Crippen molar-refractivity contribution in [3.63, 3.8) is 0 Å². The fraction of sp³-hybridized carbons (Fsp3) is 0.0667. The monoisotopic (exact) mass is 430 g/mol. The van der Waals surface area contributed by atoms with Crippen LogP contribution in [0.3, 0.4) is 0 Å². The van der Waals surface area contributed by atoms with Gasteiger partial charge in [-0.1, -0.05) is 50.5 Å². The second kappa shape index (κ2) is 7.05. The van der Waals surface area contributed by atoms with Crippen LogP contribution in [0.5, 0.6) is 5.75 Å². The molecule has 0 aliphatic rings. The number of aromatic nitrogens is 1. The van der Waals surface area contributed by atoms with Crippen LogP contribution in [-0.4, -0.2) is 17.5 Å². The number of benzene rings is 2. The zero-order valence-corrected chi connectivity index (χ0v) is 15.4. The molecule has 118 valence electrons. The summed E-state index contributed by atoms with van der Waals surface area (Å²) in [7, 11) is 0. The Kier molecular flexibility index (Phi) is 5.06. The summed E-state index contributed by atoms with van der Waals surface area (Å²) in [6.45, 7) is -0.166. The number of halogens is 3. The summed E-state index contributed by atoms with van der Waals surface area (Å²) >= 11 is 16.6. The third-order valence-electron chi connectivity index (χ3n) is 2.85. The molecule has 0 aliphatic heterocycles. The number of carbonyl (C=O) groups is 1. The molecule has 4 nitrogen and oxygen atoms in total. The molecule has 0 spiro atoms. The largest absolute Gasteiger partial charge is 0.482 e. The molecular formula is C15H9BrCl2N2O2S. The van der Waals surface area contributed by atoms with E-state index in [-0.39, 0.29) is 12.5 Å². The van der Waals surface area contributed by atoms with E-state index in [4.69, 9.17) is 27.9 Å². The highest BCUT2D eigenvalue weighted by molar-refractivity contribution is 9.10. The number of ether oxygens (including phenoxy) is 1. The van der Waals surface area contributed by atoms with Gasteiger partial charge in [0, 0.05) is 9.50 Å². The predicted octanol–water partition coefficient (Wildman–Crippen LogP) is 5.38. The van der Waals surface area contributed by atoms with Crippen molar-refractivity contribution in [2.45, 2.75) is 0 Å². The topological polar surface area (TPSA) is 51.2 Å². The fourth-order valence-electron chi connectivity index (χ4n) is 1.84. The van der Waals surface area contributed by atoms with Crippen molar-refractivity contribution < 1.29 is 9.53 Å². The highest BCUT2D eigenvalue weighted by Gasteiger charge is 2.10. The number of rotatable bonds is 4. The Morgan fingerprint density at radius 1 is 1.26 bits per heavy atom. The van der Waals surface area contributed by atoms with E-state index in [2.05, 4.69) is 26.2 Å². The average molecular weight is 432 g/mol. The molecule has 3 aromatic rings. The first-order chi connectivity index (χ1) is 11.0. The lowest BCUT2D eigenvalue weighted by Crippen LogP contribution is -2.20. The Hall–Kier alpha value is -1.34. The molecule has 3 rings (SSSR count). The van der Waals surface area contributed by atoms with Gasteiger partial charge < -0.3 is 4.74 Å². The van der Waals surface area contributed by atoms with Crippen molar-refractivity contribution in [2.75, 3.05) is 11.9 Å². The summed E-state index contributed by atoms with van der Waals surface area (Å²) < 4.78 is 7.33. The number of fused-ring (bicyclic) bond motifs is 1. The van der Waals surface area contributed by atoms with Gasteiger partial charge in [0.15, 0.2) is 11.7 Å². The van der Waals surface area contributed by atoms with Crippen LogP contribution >= 0.6 is 50.5 Å². The third-order valence-corrected chi connectivity index (χ3v) is 4.81. The second-order valence-corrected chi connectivity index (χ2v) is 7.33. The van der Waals surface area contributed by atoms with Gasteiger partial charge in [0.05, 0.1) is 15.2 Å². The number of thiazole rings is 1. The maximum Gasteiger partial charge on any atom is 0.264 e. The quantitative estimate of drug-likeness (QED) is 0.602. The molecular weight excluding hydrogens is 423 g/mol. The molecule has 2 aromatic carbocycles. The van der Waals surface area contributed by atoms with Crippen molar-refractivity contribution in [1.29, 1.82) is 0 Å². The predicted molar refractivity (Wildman–Crippen MR) is 97.9 cm³/mol. The average Bonchev–Trinajstić information content (AvgIpc) is 2.87. The van der Waals surface area contributed by atoms with Crippen LogP contribution in [0.25, 0.3) is 10.2 Å². The van der Waals surface area contributed by atoms with E-state index in [1.54, 1.807) is 18.2 Å². The first kappa shape index (κ1) is 16.5. The molecule has 1 amide bonds. The van der Waals surface area contributed by atoms with Gasteiger partial charge >= 0.3 is 0 Å². The number of nitrogens with one attached hydrogen (secondary N) is 1. The molecule has 8 heteroatoms. The standard InChI is InChI=1S/C15H9BrCl2N2O2S/c16-8-1-3-11-13(5-8)23-15(19-11)20-14(21)7-22-12-4-2-9(17)6-10(12)18/h1-6H,7H2,(H,19,20,21). The number of nitrogens with zero attached hydrogens (tertiary/aromatic N) is 1. The molecule has 0 saturated carbocycles. The lowest BCUT2D eigenvalue weighted by atomic mass is 10.3. The minimum absolute atomic E-state index is 0.166. The van der Waals surface area contributed by atoms with E-state index < -0.39 is 0 Å². The van der Waals surface area contributed by atoms with Crippen molar-refractivity contribution >= 4 is 71.7 Å². The van der Waals surface area contributed by atoms with Crippen molar-refractivity contribution in [3.8, 4) is 5.75 Å². The summed E-state index contributed by atoms with van der Waals surface area (Å²) in [6, 6.07) is 10.6. The number of carbonyl (C=O) groups excluding carboxylic acids is 1. The van der Waals surface area contributed by atoms with Crippen LogP contribution in [-0.2, 0) is 4.79 Å². The van der Waals surface area contributed by atoms with Crippen LogP contribution in [0, 0.1) is 0 Å². The lowest BCUT2D eigenvalue weighted by molar-refractivity contribution is -0.118. The van der Waals surface area contributed by atoms with Crippen LogP contribution in [0.15, 0.2) is 40.9 Å². The summed E-state index contributed by atoms with van der Waals surface area (Å²) in [4.78, 5) is 16.3. The van der Waals surface area contributed by atoms with E-state index in [1.165, 1.54) is 11.3 Å². The van der Waals surface area contributed by atoms with Crippen LogP contribution in [0.1, 0.15) is 0 Å². The Bertz CT molecular complexity index is 885. The summed E-state index contributed by atoms with van der Waals surface area (Å²) in [5, 5.41) is 4.10. The molecule has 0 saturated heterocycles. The molecule has 23 heavy (non-hydrogen) atoms. The highest BCUT2D eigenvalue weighted by atomic mass is 79.9.